The molecule has 4 nitrogen and oxygen atoms in total. The highest BCUT2D eigenvalue weighted by Crippen LogP contribution is 2.39. The minimum absolute atomic E-state index is 0.106. The van der Waals surface area contributed by atoms with Gasteiger partial charge in [0.25, 0.3) is 0 Å². The van der Waals surface area contributed by atoms with Crippen LogP contribution in [0.1, 0.15) is 29.8 Å². The lowest BCUT2D eigenvalue weighted by Gasteiger charge is -2.23. The van der Waals surface area contributed by atoms with Crippen LogP contribution in [0.3, 0.4) is 0 Å². The predicted molar refractivity (Wildman–Crippen MR) is 83.2 cm³/mol. The van der Waals surface area contributed by atoms with Gasteiger partial charge in [-0.05, 0) is 26.0 Å². The van der Waals surface area contributed by atoms with Gasteiger partial charge in [-0.3, -0.25) is 4.79 Å². The Kier molecular flexibility index (Phi) is 4.48. The van der Waals surface area contributed by atoms with E-state index in [1.807, 2.05) is 24.8 Å². The molecular weight excluding hydrogens is 266 g/mol. The number of hydrogen-bond acceptors (Lipinski definition) is 4. The Morgan fingerprint density at radius 1 is 0.952 bits per heavy atom. The minimum Gasteiger partial charge on any atom is -0.504 e. The highest BCUT2D eigenvalue weighted by Gasteiger charge is 2.20. The van der Waals surface area contributed by atoms with Crippen LogP contribution in [0, 0.1) is 0 Å². The standard InChI is InChI=1S/C17H19NO3/c1-3-18(4-2)14-11-10-13(16(20)17(14)21)15(19)12-8-6-5-7-9-12/h5-11,20-21H,3-4H2,1-2H3. The highest BCUT2D eigenvalue weighted by molar-refractivity contribution is 6.11. The van der Waals surface area contributed by atoms with Crippen molar-refractivity contribution >= 4 is 11.5 Å². The maximum atomic E-state index is 12.4. The van der Waals surface area contributed by atoms with Crippen LogP contribution >= 0.6 is 0 Å². The molecule has 0 aliphatic heterocycles. The Balaban J connectivity index is 2.44. The zero-order valence-corrected chi connectivity index (χ0v) is 12.2. The predicted octanol–water partition coefficient (Wildman–Crippen LogP) is 3.18. The van der Waals surface area contributed by atoms with Gasteiger partial charge in [-0.15, -0.1) is 0 Å². The topological polar surface area (TPSA) is 60.8 Å². The van der Waals surface area contributed by atoms with E-state index in [4.69, 9.17) is 0 Å². The SMILES string of the molecule is CCN(CC)c1ccc(C(=O)c2ccccc2)c(O)c1O. The molecule has 2 rings (SSSR count). The van der Waals surface area contributed by atoms with Gasteiger partial charge in [0.05, 0.1) is 11.3 Å². The van der Waals surface area contributed by atoms with Gasteiger partial charge >= 0.3 is 0 Å². The molecule has 21 heavy (non-hydrogen) atoms. The van der Waals surface area contributed by atoms with Crippen molar-refractivity contribution < 1.29 is 15.0 Å². The molecule has 0 aliphatic rings. The molecule has 0 aromatic heterocycles. The summed E-state index contributed by atoms with van der Waals surface area (Å²) < 4.78 is 0. The van der Waals surface area contributed by atoms with Crippen LogP contribution in [0.15, 0.2) is 42.5 Å². The molecule has 0 spiro atoms. The maximum absolute atomic E-state index is 12.4. The highest BCUT2D eigenvalue weighted by atomic mass is 16.3. The number of phenols is 2. The van der Waals surface area contributed by atoms with Gasteiger partial charge in [0.15, 0.2) is 17.3 Å². The van der Waals surface area contributed by atoms with Gasteiger partial charge < -0.3 is 15.1 Å². The summed E-state index contributed by atoms with van der Waals surface area (Å²) in [5.41, 5.74) is 1.11. The molecule has 0 amide bonds. The average molecular weight is 285 g/mol. The van der Waals surface area contributed by atoms with E-state index in [0.29, 0.717) is 24.3 Å². The number of ketones is 1. The van der Waals surface area contributed by atoms with Gasteiger partial charge in [0.2, 0.25) is 0 Å². The Labute approximate surface area is 124 Å². The number of rotatable bonds is 5. The lowest BCUT2D eigenvalue weighted by Crippen LogP contribution is -2.22. The van der Waals surface area contributed by atoms with Crippen LogP contribution in [0.25, 0.3) is 0 Å². The molecule has 110 valence electrons. The molecular formula is C17H19NO3. The first kappa shape index (κ1) is 14.9. The van der Waals surface area contributed by atoms with E-state index in [2.05, 4.69) is 0 Å². The van der Waals surface area contributed by atoms with Crippen molar-refractivity contribution in [3.05, 3.63) is 53.6 Å². The summed E-state index contributed by atoms with van der Waals surface area (Å²) >= 11 is 0. The third-order valence-electron chi connectivity index (χ3n) is 3.51. The number of aromatic hydroxyl groups is 2. The fourth-order valence-electron chi connectivity index (χ4n) is 2.32. The van der Waals surface area contributed by atoms with Crippen LogP contribution in [0.4, 0.5) is 5.69 Å². The molecule has 0 aliphatic carbocycles. The molecule has 0 unspecified atom stereocenters. The van der Waals surface area contributed by atoms with Gasteiger partial charge in [-0.1, -0.05) is 30.3 Å². The van der Waals surface area contributed by atoms with Gasteiger partial charge in [-0.25, -0.2) is 0 Å². The molecule has 4 heteroatoms. The van der Waals surface area contributed by atoms with E-state index >= 15 is 0 Å². The molecule has 0 fully saturated rings. The van der Waals surface area contributed by atoms with E-state index in [9.17, 15) is 15.0 Å². The third-order valence-corrected chi connectivity index (χ3v) is 3.51. The zero-order chi connectivity index (χ0) is 15.4. The van der Waals surface area contributed by atoms with Crippen molar-refractivity contribution in [3.63, 3.8) is 0 Å². The van der Waals surface area contributed by atoms with Crippen molar-refractivity contribution in [1.82, 2.24) is 0 Å². The molecule has 0 bridgehead atoms. The average Bonchev–Trinajstić information content (AvgIpc) is 2.53. The van der Waals surface area contributed by atoms with Gasteiger partial charge in [0.1, 0.15) is 0 Å². The van der Waals surface area contributed by atoms with Crippen LogP contribution < -0.4 is 4.90 Å². The number of carbonyl (C=O) groups excluding carboxylic acids is 1. The fourth-order valence-corrected chi connectivity index (χ4v) is 2.32. The lowest BCUT2D eigenvalue weighted by atomic mass is 10.0. The number of hydrogen-bond donors (Lipinski definition) is 2. The summed E-state index contributed by atoms with van der Waals surface area (Å²) in [6.45, 7) is 5.33. The Bertz CT molecular complexity index is 634. The summed E-state index contributed by atoms with van der Waals surface area (Å²) in [6, 6.07) is 11.9. The second-order valence-electron chi connectivity index (χ2n) is 4.70. The largest absolute Gasteiger partial charge is 0.504 e. The zero-order valence-electron chi connectivity index (χ0n) is 12.2. The second-order valence-corrected chi connectivity index (χ2v) is 4.70. The number of phenolic OH excluding ortho intramolecular Hbond substituents is 2. The first-order valence-corrected chi connectivity index (χ1v) is 6.99. The summed E-state index contributed by atoms with van der Waals surface area (Å²) in [6.07, 6.45) is 0. The first-order chi connectivity index (χ1) is 10.1. The van der Waals surface area contributed by atoms with Crippen molar-refractivity contribution in [2.24, 2.45) is 0 Å². The van der Waals surface area contributed by atoms with E-state index < -0.39 is 0 Å². The van der Waals surface area contributed by atoms with Crippen LogP contribution in [0.2, 0.25) is 0 Å². The number of carbonyl (C=O) groups is 1. The van der Waals surface area contributed by atoms with Crippen molar-refractivity contribution in [1.29, 1.82) is 0 Å². The second kappa shape index (κ2) is 6.31. The van der Waals surface area contributed by atoms with Gasteiger partial charge in [0, 0.05) is 18.7 Å². The van der Waals surface area contributed by atoms with Crippen LogP contribution in [-0.4, -0.2) is 29.1 Å². The number of benzene rings is 2. The van der Waals surface area contributed by atoms with Crippen molar-refractivity contribution in [3.8, 4) is 11.5 Å². The van der Waals surface area contributed by atoms with Gasteiger partial charge in [-0.2, -0.15) is 0 Å². The maximum Gasteiger partial charge on any atom is 0.196 e. The normalized spacial score (nSPS) is 10.4. The number of anilines is 1. The molecule has 0 heterocycles. The lowest BCUT2D eigenvalue weighted by molar-refractivity contribution is 0.103. The quantitative estimate of drug-likeness (QED) is 0.654. The van der Waals surface area contributed by atoms with Crippen molar-refractivity contribution in [2.45, 2.75) is 13.8 Å². The van der Waals surface area contributed by atoms with E-state index in [-0.39, 0.29) is 22.8 Å². The molecule has 2 aromatic rings. The summed E-state index contributed by atoms with van der Waals surface area (Å²) in [5.74, 6) is -0.928. The van der Waals surface area contributed by atoms with Crippen LogP contribution in [0.5, 0.6) is 11.5 Å². The molecule has 0 saturated carbocycles. The molecule has 0 radical (unpaired) electrons. The summed E-state index contributed by atoms with van der Waals surface area (Å²) in [5, 5.41) is 20.3. The molecule has 0 atom stereocenters. The first-order valence-electron chi connectivity index (χ1n) is 6.99. The third kappa shape index (κ3) is 2.84. The monoisotopic (exact) mass is 285 g/mol. The van der Waals surface area contributed by atoms with E-state index in [0.717, 1.165) is 0 Å². The smallest absolute Gasteiger partial charge is 0.196 e. The molecule has 2 N–H and O–H groups in total. The van der Waals surface area contributed by atoms with E-state index in [1.165, 1.54) is 0 Å². The molecule has 2 aromatic carbocycles. The van der Waals surface area contributed by atoms with Crippen molar-refractivity contribution in [2.75, 3.05) is 18.0 Å². The fraction of sp³-hybridized carbons (Fsp3) is 0.235. The summed E-state index contributed by atoms with van der Waals surface area (Å²) in [4.78, 5) is 14.3. The Hall–Kier alpha value is -2.49. The number of nitrogens with zero attached hydrogens (tertiary/aromatic N) is 1. The Morgan fingerprint density at radius 2 is 1.57 bits per heavy atom. The minimum atomic E-state index is -0.367. The molecule has 0 saturated heterocycles. The van der Waals surface area contributed by atoms with E-state index in [1.54, 1.807) is 36.4 Å². The van der Waals surface area contributed by atoms with Crippen LogP contribution in [-0.2, 0) is 0 Å². The summed E-state index contributed by atoms with van der Waals surface area (Å²) in [7, 11) is 0. The Morgan fingerprint density at radius 3 is 2.14 bits per heavy atom.